The summed E-state index contributed by atoms with van der Waals surface area (Å²) >= 11 is 1.53. The standard InChI is InChI=1S/C12H16F2N2O2S/c1-19-7-10(2-3-17)15-12(18)16-11-5-8(13)4-9(14)6-11/h4-6,10,17H,2-3,7H2,1H3,(H2,15,16,18)/t10-/m0/s1. The number of nitrogens with one attached hydrogen (secondary N) is 2. The molecule has 1 aromatic rings. The molecule has 2 amide bonds. The molecule has 4 nitrogen and oxygen atoms in total. The van der Waals surface area contributed by atoms with E-state index in [1.807, 2.05) is 6.26 Å². The van der Waals surface area contributed by atoms with Crippen molar-refractivity contribution in [2.24, 2.45) is 0 Å². The van der Waals surface area contributed by atoms with E-state index in [-0.39, 0.29) is 18.3 Å². The summed E-state index contributed by atoms with van der Waals surface area (Å²) in [6, 6.07) is 2.03. The average Bonchev–Trinajstić information content (AvgIpc) is 2.27. The summed E-state index contributed by atoms with van der Waals surface area (Å²) in [5.74, 6) is -0.872. The second kappa shape index (κ2) is 7.96. The number of urea groups is 1. The number of carbonyl (C=O) groups is 1. The van der Waals surface area contributed by atoms with Crippen LogP contribution in [0.2, 0.25) is 0 Å². The first kappa shape index (κ1) is 15.7. The molecule has 0 bridgehead atoms. The smallest absolute Gasteiger partial charge is 0.319 e. The SMILES string of the molecule is CSC[C@H](CCO)NC(=O)Nc1cc(F)cc(F)c1. The van der Waals surface area contributed by atoms with E-state index in [1.54, 1.807) is 0 Å². The van der Waals surface area contributed by atoms with Gasteiger partial charge in [-0.25, -0.2) is 13.6 Å². The number of hydrogen-bond donors (Lipinski definition) is 3. The van der Waals surface area contributed by atoms with Crippen LogP contribution >= 0.6 is 11.8 Å². The largest absolute Gasteiger partial charge is 0.396 e. The van der Waals surface area contributed by atoms with Crippen molar-refractivity contribution in [2.75, 3.05) is 23.9 Å². The number of amides is 2. The lowest BCUT2D eigenvalue weighted by Gasteiger charge is -2.17. The molecule has 0 aliphatic rings. The van der Waals surface area contributed by atoms with Crippen molar-refractivity contribution < 1.29 is 18.7 Å². The molecule has 1 atom stereocenters. The molecule has 0 aliphatic carbocycles. The molecule has 1 aromatic carbocycles. The molecular formula is C12H16F2N2O2S. The normalized spacial score (nSPS) is 12.0. The highest BCUT2D eigenvalue weighted by Crippen LogP contribution is 2.12. The molecule has 1 rings (SSSR count). The van der Waals surface area contributed by atoms with Gasteiger partial charge in [-0.1, -0.05) is 0 Å². The van der Waals surface area contributed by atoms with Crippen molar-refractivity contribution in [2.45, 2.75) is 12.5 Å². The van der Waals surface area contributed by atoms with E-state index >= 15 is 0 Å². The van der Waals surface area contributed by atoms with Gasteiger partial charge in [-0.05, 0) is 24.8 Å². The first-order valence-electron chi connectivity index (χ1n) is 5.68. The van der Waals surface area contributed by atoms with E-state index in [2.05, 4.69) is 10.6 Å². The number of aliphatic hydroxyl groups excluding tert-OH is 1. The molecule has 0 spiro atoms. The van der Waals surface area contributed by atoms with Crippen molar-refractivity contribution in [3.8, 4) is 0 Å². The second-order valence-electron chi connectivity index (χ2n) is 3.92. The molecule has 0 saturated carbocycles. The van der Waals surface area contributed by atoms with Crippen LogP contribution in [-0.4, -0.2) is 35.8 Å². The van der Waals surface area contributed by atoms with E-state index in [4.69, 9.17) is 5.11 Å². The maximum atomic E-state index is 12.9. The molecule has 106 valence electrons. The Morgan fingerprint density at radius 3 is 2.53 bits per heavy atom. The quantitative estimate of drug-likeness (QED) is 0.752. The topological polar surface area (TPSA) is 61.4 Å². The Morgan fingerprint density at radius 2 is 2.00 bits per heavy atom. The van der Waals surface area contributed by atoms with Gasteiger partial charge in [-0.15, -0.1) is 0 Å². The summed E-state index contributed by atoms with van der Waals surface area (Å²) in [5.41, 5.74) is 0.0434. The molecule has 0 aliphatic heterocycles. The average molecular weight is 290 g/mol. The second-order valence-corrected chi connectivity index (χ2v) is 4.83. The zero-order chi connectivity index (χ0) is 14.3. The van der Waals surface area contributed by atoms with Gasteiger partial charge in [0.2, 0.25) is 0 Å². The number of benzene rings is 1. The lowest BCUT2D eigenvalue weighted by molar-refractivity contribution is 0.241. The fourth-order valence-corrected chi connectivity index (χ4v) is 2.19. The van der Waals surface area contributed by atoms with Crippen LogP contribution in [0.15, 0.2) is 18.2 Å². The zero-order valence-electron chi connectivity index (χ0n) is 10.5. The predicted octanol–water partition coefficient (Wildman–Crippen LogP) is 2.20. The molecule has 3 N–H and O–H groups in total. The molecule has 0 radical (unpaired) electrons. The minimum atomic E-state index is -0.758. The van der Waals surface area contributed by atoms with Crippen molar-refractivity contribution >= 4 is 23.5 Å². The van der Waals surface area contributed by atoms with Crippen molar-refractivity contribution in [1.82, 2.24) is 5.32 Å². The van der Waals surface area contributed by atoms with Crippen LogP contribution in [0.4, 0.5) is 19.3 Å². The first-order valence-corrected chi connectivity index (χ1v) is 7.08. The summed E-state index contributed by atoms with van der Waals surface area (Å²) in [7, 11) is 0. The third-order valence-corrected chi connectivity index (χ3v) is 3.04. The van der Waals surface area contributed by atoms with Crippen LogP contribution in [0.3, 0.4) is 0 Å². The van der Waals surface area contributed by atoms with Crippen LogP contribution in [0.1, 0.15) is 6.42 Å². The van der Waals surface area contributed by atoms with Crippen LogP contribution < -0.4 is 10.6 Å². The van der Waals surface area contributed by atoms with Crippen molar-refractivity contribution in [3.05, 3.63) is 29.8 Å². The molecule has 0 heterocycles. The van der Waals surface area contributed by atoms with Crippen LogP contribution in [0.5, 0.6) is 0 Å². The molecular weight excluding hydrogens is 274 g/mol. The molecule has 0 aromatic heterocycles. The van der Waals surface area contributed by atoms with Gasteiger partial charge in [-0.2, -0.15) is 11.8 Å². The lowest BCUT2D eigenvalue weighted by atomic mass is 10.2. The Kier molecular flexibility index (Phi) is 6.58. The van der Waals surface area contributed by atoms with Crippen LogP contribution in [0, 0.1) is 11.6 Å². The monoisotopic (exact) mass is 290 g/mol. The van der Waals surface area contributed by atoms with E-state index in [1.165, 1.54) is 11.8 Å². The summed E-state index contributed by atoms with van der Waals surface area (Å²) in [5, 5.41) is 13.8. The van der Waals surface area contributed by atoms with Gasteiger partial charge in [0.05, 0.1) is 0 Å². The highest BCUT2D eigenvalue weighted by Gasteiger charge is 2.12. The minimum Gasteiger partial charge on any atom is -0.396 e. The summed E-state index contributed by atoms with van der Waals surface area (Å²) < 4.78 is 25.9. The summed E-state index contributed by atoms with van der Waals surface area (Å²) in [4.78, 5) is 11.6. The van der Waals surface area contributed by atoms with Crippen molar-refractivity contribution in [1.29, 1.82) is 0 Å². The number of aliphatic hydroxyl groups is 1. The van der Waals surface area contributed by atoms with Gasteiger partial charge in [0.25, 0.3) is 0 Å². The zero-order valence-corrected chi connectivity index (χ0v) is 11.3. The molecule has 19 heavy (non-hydrogen) atoms. The van der Waals surface area contributed by atoms with Gasteiger partial charge in [-0.3, -0.25) is 0 Å². The molecule has 0 fully saturated rings. The Bertz CT molecular complexity index is 406. The lowest BCUT2D eigenvalue weighted by Crippen LogP contribution is -2.40. The highest BCUT2D eigenvalue weighted by molar-refractivity contribution is 7.98. The highest BCUT2D eigenvalue weighted by atomic mass is 32.2. The predicted molar refractivity (Wildman–Crippen MR) is 72.4 cm³/mol. The number of thioether (sulfide) groups is 1. The molecule has 7 heteroatoms. The number of carbonyl (C=O) groups excluding carboxylic acids is 1. The van der Waals surface area contributed by atoms with E-state index in [0.717, 1.165) is 18.2 Å². The fourth-order valence-electron chi connectivity index (χ4n) is 1.53. The molecule has 0 unspecified atom stereocenters. The van der Waals surface area contributed by atoms with E-state index < -0.39 is 17.7 Å². The van der Waals surface area contributed by atoms with Crippen LogP contribution in [-0.2, 0) is 0 Å². The molecule has 0 saturated heterocycles. The first-order chi connectivity index (χ1) is 9.05. The van der Waals surface area contributed by atoms with Gasteiger partial charge < -0.3 is 15.7 Å². The minimum absolute atomic E-state index is 0.0416. The van der Waals surface area contributed by atoms with Gasteiger partial charge in [0, 0.05) is 30.2 Å². The fraction of sp³-hybridized carbons (Fsp3) is 0.417. The summed E-state index contributed by atoms with van der Waals surface area (Å²) in [6.45, 7) is -0.0416. The maximum absolute atomic E-state index is 12.9. The Morgan fingerprint density at radius 1 is 1.37 bits per heavy atom. The summed E-state index contributed by atoms with van der Waals surface area (Å²) in [6.07, 6.45) is 2.30. The third-order valence-electron chi connectivity index (χ3n) is 2.30. The third kappa shape index (κ3) is 5.89. The van der Waals surface area contributed by atoms with Gasteiger partial charge in [0.1, 0.15) is 11.6 Å². The van der Waals surface area contributed by atoms with Crippen LogP contribution in [0.25, 0.3) is 0 Å². The number of anilines is 1. The van der Waals surface area contributed by atoms with E-state index in [0.29, 0.717) is 12.2 Å². The van der Waals surface area contributed by atoms with E-state index in [9.17, 15) is 13.6 Å². The Labute approximate surface area is 114 Å². The Balaban J connectivity index is 2.58. The number of rotatable bonds is 6. The number of halogens is 2. The Hall–Kier alpha value is -1.34. The van der Waals surface area contributed by atoms with Gasteiger partial charge >= 0.3 is 6.03 Å². The van der Waals surface area contributed by atoms with Crippen molar-refractivity contribution in [3.63, 3.8) is 0 Å². The van der Waals surface area contributed by atoms with Gasteiger partial charge in [0.15, 0.2) is 0 Å². The maximum Gasteiger partial charge on any atom is 0.319 e. The number of hydrogen-bond acceptors (Lipinski definition) is 3.